The first-order valence-corrected chi connectivity index (χ1v) is 7.96. The van der Waals surface area contributed by atoms with E-state index in [0.717, 1.165) is 12.8 Å². The van der Waals surface area contributed by atoms with E-state index in [2.05, 4.69) is 65.7 Å². The summed E-state index contributed by atoms with van der Waals surface area (Å²) in [5.41, 5.74) is 3.80. The fraction of sp³-hybridized carbons (Fsp3) is 0.316. The number of anilines is 1. The largest absolute Gasteiger partial charge is 0.369 e. The lowest BCUT2D eigenvalue weighted by atomic mass is 9.81. The third kappa shape index (κ3) is 1.82. The zero-order valence-corrected chi connectivity index (χ0v) is 12.6. The van der Waals surface area contributed by atoms with Crippen LogP contribution in [-0.4, -0.2) is 29.9 Å². The first-order valence-electron chi connectivity index (χ1n) is 7.96. The summed E-state index contributed by atoms with van der Waals surface area (Å²) in [6.45, 7) is 3.00. The Morgan fingerprint density at radius 2 is 1.77 bits per heavy atom. The van der Waals surface area contributed by atoms with E-state index in [9.17, 15) is 4.79 Å². The number of rotatable bonds is 3. The predicted octanol–water partition coefficient (Wildman–Crippen LogP) is 3.21. The number of carbonyl (C=O) groups excluding carboxylic acids is 1. The van der Waals surface area contributed by atoms with Gasteiger partial charge in [-0.25, -0.2) is 0 Å². The van der Waals surface area contributed by atoms with Crippen LogP contribution in [0, 0.1) is 0 Å². The third-order valence-electron chi connectivity index (χ3n) is 5.15. The normalized spacial score (nSPS) is 29.7. The first kappa shape index (κ1) is 13.5. The van der Waals surface area contributed by atoms with E-state index in [0.29, 0.717) is 5.92 Å². The monoisotopic (exact) mass is 292 g/mol. The lowest BCUT2D eigenvalue weighted by Crippen LogP contribution is -2.41. The Morgan fingerprint density at radius 1 is 1.05 bits per heavy atom. The van der Waals surface area contributed by atoms with Crippen molar-refractivity contribution in [2.24, 2.45) is 0 Å². The number of hydrogen-bond donors (Lipinski definition) is 1. The minimum atomic E-state index is -0.0664. The molecule has 4 atom stereocenters. The number of nitrogens with one attached hydrogen (secondary N) is 1. The molecule has 0 radical (unpaired) electrons. The van der Waals surface area contributed by atoms with E-state index in [-0.39, 0.29) is 18.1 Å². The maximum absolute atomic E-state index is 11.8. The van der Waals surface area contributed by atoms with E-state index >= 15 is 0 Å². The van der Waals surface area contributed by atoms with Crippen molar-refractivity contribution in [3.8, 4) is 0 Å². The standard InChI is InChI=1S/C19H20N2O/c1-2-21-16(12-22)17(13-8-4-3-5-9-13)18-14-10-6-7-11-15(14)20-19(18)21/h3-12,16-20H,2H2,1H3. The maximum atomic E-state index is 11.8. The zero-order chi connectivity index (χ0) is 15.1. The first-order chi connectivity index (χ1) is 10.8. The zero-order valence-electron chi connectivity index (χ0n) is 12.6. The average molecular weight is 292 g/mol. The number of para-hydroxylation sites is 1. The molecule has 1 fully saturated rings. The van der Waals surface area contributed by atoms with Gasteiger partial charge in [0.2, 0.25) is 0 Å². The summed E-state index contributed by atoms with van der Waals surface area (Å²) in [5, 5.41) is 3.63. The topological polar surface area (TPSA) is 32.3 Å². The molecular formula is C19H20N2O. The van der Waals surface area contributed by atoms with Crippen LogP contribution in [0.5, 0.6) is 0 Å². The Morgan fingerprint density at radius 3 is 2.50 bits per heavy atom. The molecule has 0 saturated carbocycles. The minimum absolute atomic E-state index is 0.0664. The Bertz CT molecular complexity index is 685. The van der Waals surface area contributed by atoms with Gasteiger partial charge in [0.25, 0.3) is 0 Å². The highest BCUT2D eigenvalue weighted by Crippen LogP contribution is 2.52. The summed E-state index contributed by atoms with van der Waals surface area (Å²) in [4.78, 5) is 14.1. The summed E-state index contributed by atoms with van der Waals surface area (Å²) >= 11 is 0. The predicted molar refractivity (Wildman–Crippen MR) is 88.0 cm³/mol. The molecule has 3 nitrogen and oxygen atoms in total. The van der Waals surface area contributed by atoms with E-state index in [1.54, 1.807) is 0 Å². The SMILES string of the molecule is CCN1C(C=O)C(c2ccccc2)C2c3ccccc3NC21. The second-order valence-corrected chi connectivity index (χ2v) is 6.10. The lowest BCUT2D eigenvalue weighted by Gasteiger charge is -2.26. The highest BCUT2D eigenvalue weighted by molar-refractivity contribution is 5.68. The Kier molecular flexibility index (Phi) is 3.23. The molecule has 0 spiro atoms. The quantitative estimate of drug-likeness (QED) is 0.882. The molecule has 2 aliphatic heterocycles. The van der Waals surface area contributed by atoms with Crippen molar-refractivity contribution in [2.75, 3.05) is 11.9 Å². The number of carbonyl (C=O) groups is 1. The van der Waals surface area contributed by atoms with Gasteiger partial charge in [0.05, 0.1) is 12.2 Å². The lowest BCUT2D eigenvalue weighted by molar-refractivity contribution is -0.112. The van der Waals surface area contributed by atoms with Crippen molar-refractivity contribution in [1.82, 2.24) is 4.90 Å². The van der Waals surface area contributed by atoms with Gasteiger partial charge in [0, 0.05) is 17.5 Å². The van der Waals surface area contributed by atoms with Gasteiger partial charge in [-0.05, 0) is 23.7 Å². The molecule has 4 unspecified atom stereocenters. The minimum Gasteiger partial charge on any atom is -0.369 e. The number of aldehydes is 1. The van der Waals surface area contributed by atoms with Gasteiger partial charge in [-0.15, -0.1) is 0 Å². The molecule has 0 bridgehead atoms. The maximum Gasteiger partial charge on any atom is 0.137 e. The molecule has 0 aromatic heterocycles. The summed E-state index contributed by atoms with van der Waals surface area (Å²) < 4.78 is 0. The van der Waals surface area contributed by atoms with Crippen molar-refractivity contribution in [1.29, 1.82) is 0 Å². The molecule has 112 valence electrons. The summed E-state index contributed by atoms with van der Waals surface area (Å²) in [5.74, 6) is 0.536. The van der Waals surface area contributed by atoms with Crippen molar-refractivity contribution < 1.29 is 4.79 Å². The van der Waals surface area contributed by atoms with Gasteiger partial charge in [-0.3, -0.25) is 4.90 Å². The van der Waals surface area contributed by atoms with Crippen molar-refractivity contribution >= 4 is 12.0 Å². The number of fused-ring (bicyclic) bond motifs is 3. The molecule has 1 N–H and O–H groups in total. The smallest absolute Gasteiger partial charge is 0.137 e. The van der Waals surface area contributed by atoms with Crippen LogP contribution in [0.2, 0.25) is 0 Å². The molecule has 2 aromatic carbocycles. The van der Waals surface area contributed by atoms with Crippen LogP contribution in [0.1, 0.15) is 29.9 Å². The van der Waals surface area contributed by atoms with Crippen LogP contribution in [0.4, 0.5) is 5.69 Å². The van der Waals surface area contributed by atoms with E-state index in [4.69, 9.17) is 0 Å². The van der Waals surface area contributed by atoms with Crippen LogP contribution in [-0.2, 0) is 4.79 Å². The van der Waals surface area contributed by atoms with E-state index in [1.807, 2.05) is 6.07 Å². The molecule has 2 aromatic rings. The van der Waals surface area contributed by atoms with Crippen molar-refractivity contribution in [3.63, 3.8) is 0 Å². The second kappa shape index (κ2) is 5.25. The molecule has 3 heteroatoms. The van der Waals surface area contributed by atoms with Crippen molar-refractivity contribution in [2.45, 2.75) is 31.0 Å². The molecule has 22 heavy (non-hydrogen) atoms. The Hall–Kier alpha value is -2.13. The van der Waals surface area contributed by atoms with Crippen LogP contribution >= 0.6 is 0 Å². The van der Waals surface area contributed by atoms with E-state index < -0.39 is 0 Å². The highest BCUT2D eigenvalue weighted by Gasteiger charge is 2.52. The average Bonchev–Trinajstić information content (AvgIpc) is 3.08. The number of likely N-dealkylation sites (tertiary alicyclic amines) is 1. The molecule has 2 heterocycles. The Labute approximate surface area is 131 Å². The number of benzene rings is 2. The van der Waals surface area contributed by atoms with Crippen LogP contribution in [0.15, 0.2) is 54.6 Å². The molecule has 1 saturated heterocycles. The molecule has 0 amide bonds. The summed E-state index contributed by atoms with van der Waals surface area (Å²) in [6, 6.07) is 18.9. The summed E-state index contributed by atoms with van der Waals surface area (Å²) in [6.07, 6.45) is 1.34. The number of nitrogens with zero attached hydrogens (tertiary/aromatic N) is 1. The van der Waals surface area contributed by atoms with Gasteiger partial charge in [-0.1, -0.05) is 55.5 Å². The summed E-state index contributed by atoms with van der Waals surface area (Å²) in [7, 11) is 0. The van der Waals surface area contributed by atoms with Crippen LogP contribution in [0.25, 0.3) is 0 Å². The van der Waals surface area contributed by atoms with Crippen LogP contribution < -0.4 is 5.32 Å². The fourth-order valence-corrected chi connectivity index (χ4v) is 4.27. The second-order valence-electron chi connectivity index (χ2n) is 6.10. The number of hydrogen-bond acceptors (Lipinski definition) is 3. The van der Waals surface area contributed by atoms with Gasteiger partial charge in [0.15, 0.2) is 0 Å². The fourth-order valence-electron chi connectivity index (χ4n) is 4.27. The van der Waals surface area contributed by atoms with E-state index in [1.165, 1.54) is 16.8 Å². The number of likely N-dealkylation sites (N-methyl/N-ethyl adjacent to an activating group) is 1. The molecular weight excluding hydrogens is 272 g/mol. The molecule has 0 aliphatic carbocycles. The molecule has 4 rings (SSSR count). The van der Waals surface area contributed by atoms with Gasteiger partial charge < -0.3 is 10.1 Å². The Balaban J connectivity index is 1.85. The highest BCUT2D eigenvalue weighted by atomic mass is 16.1. The molecule has 2 aliphatic rings. The van der Waals surface area contributed by atoms with Gasteiger partial charge in [-0.2, -0.15) is 0 Å². The third-order valence-corrected chi connectivity index (χ3v) is 5.15. The van der Waals surface area contributed by atoms with Crippen LogP contribution in [0.3, 0.4) is 0 Å². The van der Waals surface area contributed by atoms with Gasteiger partial charge in [0.1, 0.15) is 6.29 Å². The van der Waals surface area contributed by atoms with Crippen molar-refractivity contribution in [3.05, 3.63) is 65.7 Å². The van der Waals surface area contributed by atoms with Gasteiger partial charge >= 0.3 is 0 Å².